The van der Waals surface area contributed by atoms with Crippen LogP contribution in [0.4, 0.5) is 10.1 Å². The molecular formula is C14H13BrFN. The molecule has 2 aromatic rings. The second-order valence-electron chi connectivity index (χ2n) is 3.91. The lowest BCUT2D eigenvalue weighted by molar-refractivity contribution is 0.619. The van der Waals surface area contributed by atoms with E-state index in [0.717, 1.165) is 15.7 Å². The van der Waals surface area contributed by atoms with Crippen LogP contribution in [0.15, 0.2) is 46.9 Å². The smallest absolute Gasteiger partial charge is 0.128 e. The van der Waals surface area contributed by atoms with Crippen molar-refractivity contribution in [1.82, 2.24) is 0 Å². The molecule has 2 rings (SSSR count). The van der Waals surface area contributed by atoms with E-state index in [1.165, 1.54) is 6.07 Å². The van der Waals surface area contributed by atoms with Crippen molar-refractivity contribution in [3.63, 3.8) is 0 Å². The third kappa shape index (κ3) is 3.07. The molecule has 0 amide bonds. The molecule has 0 aliphatic rings. The molecule has 0 saturated carbocycles. The Morgan fingerprint density at radius 2 is 1.94 bits per heavy atom. The van der Waals surface area contributed by atoms with Crippen molar-refractivity contribution < 1.29 is 4.39 Å². The second-order valence-corrected chi connectivity index (χ2v) is 4.76. The Hall–Kier alpha value is -1.35. The van der Waals surface area contributed by atoms with Crippen molar-refractivity contribution in [2.75, 3.05) is 5.32 Å². The number of hydrogen-bond acceptors (Lipinski definition) is 1. The van der Waals surface area contributed by atoms with Gasteiger partial charge in [0, 0.05) is 16.7 Å². The zero-order chi connectivity index (χ0) is 12.3. The number of nitrogens with one attached hydrogen (secondary N) is 1. The van der Waals surface area contributed by atoms with Gasteiger partial charge in [-0.2, -0.15) is 0 Å². The average molecular weight is 294 g/mol. The van der Waals surface area contributed by atoms with Crippen molar-refractivity contribution >= 4 is 21.6 Å². The number of aryl methyl sites for hydroxylation is 1. The van der Waals surface area contributed by atoms with Crippen LogP contribution in [0.1, 0.15) is 11.1 Å². The Labute approximate surface area is 109 Å². The highest BCUT2D eigenvalue weighted by Crippen LogP contribution is 2.19. The molecule has 0 heterocycles. The minimum Gasteiger partial charge on any atom is -0.381 e. The Kier molecular flexibility index (Phi) is 3.79. The normalized spacial score (nSPS) is 10.3. The zero-order valence-electron chi connectivity index (χ0n) is 9.50. The van der Waals surface area contributed by atoms with Gasteiger partial charge >= 0.3 is 0 Å². The number of halogens is 2. The quantitative estimate of drug-likeness (QED) is 0.878. The van der Waals surface area contributed by atoms with Gasteiger partial charge in [-0.25, -0.2) is 4.39 Å². The van der Waals surface area contributed by atoms with Crippen molar-refractivity contribution in [3.05, 3.63) is 63.9 Å². The topological polar surface area (TPSA) is 12.0 Å². The lowest BCUT2D eigenvalue weighted by atomic mass is 10.2. The van der Waals surface area contributed by atoms with Crippen molar-refractivity contribution in [2.45, 2.75) is 13.5 Å². The minimum atomic E-state index is -0.179. The molecule has 0 atom stereocenters. The monoisotopic (exact) mass is 293 g/mol. The van der Waals surface area contributed by atoms with E-state index in [1.807, 2.05) is 30.3 Å². The molecule has 0 aromatic heterocycles. The van der Waals surface area contributed by atoms with Gasteiger partial charge in [0.2, 0.25) is 0 Å². The summed E-state index contributed by atoms with van der Waals surface area (Å²) in [7, 11) is 0. The van der Waals surface area contributed by atoms with E-state index in [2.05, 4.69) is 21.2 Å². The molecule has 88 valence electrons. The SMILES string of the molecule is Cc1ccc(NCc2ccccc2Br)cc1F. The Morgan fingerprint density at radius 1 is 1.18 bits per heavy atom. The molecule has 0 saturated heterocycles. The number of benzene rings is 2. The maximum atomic E-state index is 13.3. The van der Waals surface area contributed by atoms with Gasteiger partial charge in [0.25, 0.3) is 0 Å². The highest BCUT2D eigenvalue weighted by atomic mass is 79.9. The maximum Gasteiger partial charge on any atom is 0.128 e. The molecule has 0 aliphatic heterocycles. The molecule has 0 fully saturated rings. The third-order valence-corrected chi connectivity index (χ3v) is 3.39. The first-order valence-corrected chi connectivity index (χ1v) is 6.19. The van der Waals surface area contributed by atoms with Crippen LogP contribution in [0.5, 0.6) is 0 Å². The fourth-order valence-corrected chi connectivity index (χ4v) is 1.97. The van der Waals surface area contributed by atoms with E-state index >= 15 is 0 Å². The van der Waals surface area contributed by atoms with Gasteiger partial charge in [-0.3, -0.25) is 0 Å². The van der Waals surface area contributed by atoms with Gasteiger partial charge in [-0.05, 0) is 36.2 Å². The fourth-order valence-electron chi connectivity index (χ4n) is 1.54. The summed E-state index contributed by atoms with van der Waals surface area (Å²) in [5.41, 5.74) is 2.61. The van der Waals surface area contributed by atoms with Gasteiger partial charge in [0.1, 0.15) is 5.82 Å². The van der Waals surface area contributed by atoms with Crippen LogP contribution in [0.2, 0.25) is 0 Å². The summed E-state index contributed by atoms with van der Waals surface area (Å²) in [5, 5.41) is 3.20. The highest BCUT2D eigenvalue weighted by Gasteiger charge is 2.01. The Bertz CT molecular complexity index is 525. The second kappa shape index (κ2) is 5.32. The molecule has 3 heteroatoms. The van der Waals surface area contributed by atoms with Crippen LogP contribution >= 0.6 is 15.9 Å². The summed E-state index contributed by atoms with van der Waals surface area (Å²) in [5.74, 6) is -0.179. The zero-order valence-corrected chi connectivity index (χ0v) is 11.1. The molecule has 1 N–H and O–H groups in total. The molecule has 0 bridgehead atoms. The van der Waals surface area contributed by atoms with Crippen LogP contribution in [-0.2, 0) is 6.54 Å². The van der Waals surface area contributed by atoms with E-state index in [1.54, 1.807) is 13.0 Å². The van der Waals surface area contributed by atoms with Gasteiger partial charge in [-0.1, -0.05) is 40.2 Å². The highest BCUT2D eigenvalue weighted by molar-refractivity contribution is 9.10. The molecule has 0 spiro atoms. The first kappa shape index (κ1) is 12.1. The van der Waals surface area contributed by atoms with Crippen LogP contribution in [0.3, 0.4) is 0 Å². The minimum absolute atomic E-state index is 0.179. The van der Waals surface area contributed by atoms with Crippen molar-refractivity contribution in [1.29, 1.82) is 0 Å². The predicted octanol–water partition coefficient (Wildman–Crippen LogP) is 4.51. The van der Waals surface area contributed by atoms with Gasteiger partial charge in [0.05, 0.1) is 0 Å². The van der Waals surface area contributed by atoms with E-state index in [-0.39, 0.29) is 5.82 Å². The average Bonchev–Trinajstić information content (AvgIpc) is 2.32. The summed E-state index contributed by atoms with van der Waals surface area (Å²) in [6.07, 6.45) is 0. The number of rotatable bonds is 3. The number of anilines is 1. The summed E-state index contributed by atoms with van der Waals surface area (Å²) >= 11 is 3.48. The summed E-state index contributed by atoms with van der Waals surface area (Å²) < 4.78 is 14.4. The van der Waals surface area contributed by atoms with E-state index in [9.17, 15) is 4.39 Å². The third-order valence-electron chi connectivity index (χ3n) is 2.61. The van der Waals surface area contributed by atoms with Crippen LogP contribution in [0.25, 0.3) is 0 Å². The van der Waals surface area contributed by atoms with E-state index in [4.69, 9.17) is 0 Å². The van der Waals surface area contributed by atoms with E-state index < -0.39 is 0 Å². The largest absolute Gasteiger partial charge is 0.381 e. The molecule has 2 aromatic carbocycles. The summed E-state index contributed by atoms with van der Waals surface area (Å²) in [6, 6.07) is 13.2. The van der Waals surface area contributed by atoms with Crippen molar-refractivity contribution in [3.8, 4) is 0 Å². The lowest BCUT2D eigenvalue weighted by Crippen LogP contribution is -2.00. The molecule has 0 radical (unpaired) electrons. The first-order valence-electron chi connectivity index (χ1n) is 5.40. The summed E-state index contributed by atoms with van der Waals surface area (Å²) in [6.45, 7) is 2.43. The van der Waals surface area contributed by atoms with Gasteiger partial charge in [0.15, 0.2) is 0 Å². The van der Waals surface area contributed by atoms with Crippen LogP contribution in [0, 0.1) is 12.7 Å². The molecule has 1 nitrogen and oxygen atoms in total. The predicted molar refractivity (Wildman–Crippen MR) is 72.6 cm³/mol. The van der Waals surface area contributed by atoms with Crippen molar-refractivity contribution in [2.24, 2.45) is 0 Å². The first-order chi connectivity index (χ1) is 8.16. The fraction of sp³-hybridized carbons (Fsp3) is 0.143. The van der Waals surface area contributed by atoms with Gasteiger partial charge < -0.3 is 5.32 Å². The maximum absolute atomic E-state index is 13.3. The van der Waals surface area contributed by atoms with E-state index in [0.29, 0.717) is 12.1 Å². The molecule has 0 aliphatic carbocycles. The molecule has 17 heavy (non-hydrogen) atoms. The standard InChI is InChI=1S/C14H13BrFN/c1-10-6-7-12(8-14(10)16)17-9-11-4-2-3-5-13(11)15/h2-8,17H,9H2,1H3. The van der Waals surface area contributed by atoms with Crippen LogP contribution < -0.4 is 5.32 Å². The van der Waals surface area contributed by atoms with Gasteiger partial charge in [-0.15, -0.1) is 0 Å². The lowest BCUT2D eigenvalue weighted by Gasteiger charge is -2.08. The molecule has 0 unspecified atom stereocenters. The summed E-state index contributed by atoms with van der Waals surface area (Å²) in [4.78, 5) is 0. The Morgan fingerprint density at radius 3 is 2.65 bits per heavy atom. The Balaban J connectivity index is 2.08. The number of hydrogen-bond donors (Lipinski definition) is 1. The van der Waals surface area contributed by atoms with Crippen LogP contribution in [-0.4, -0.2) is 0 Å². The molecular weight excluding hydrogens is 281 g/mol.